The van der Waals surface area contributed by atoms with Crippen molar-refractivity contribution in [3.63, 3.8) is 0 Å². The van der Waals surface area contributed by atoms with Crippen molar-refractivity contribution >= 4 is 13.8 Å². The largest absolute Gasteiger partial charge is 0.472 e. The molecule has 2 bridgehead atoms. The Bertz CT molecular complexity index is 734. The number of nitrogens with zero attached hydrogens (tertiary/aromatic N) is 1. The average Bonchev–Trinajstić information content (AvgIpc) is 3.05. The van der Waals surface area contributed by atoms with Crippen LogP contribution in [0, 0.1) is 0 Å². The Kier molecular flexibility index (Phi) is 18.3. The van der Waals surface area contributed by atoms with E-state index in [-0.39, 0.29) is 19.3 Å². The van der Waals surface area contributed by atoms with E-state index < -0.39 is 19.9 Å². The standard InChI is InChI=1S/C32H62NO7P/c1-5-6-7-8-9-10-11-12-13-14-15-16-17-18-19-20-23-37-26-32(39-28(2)34)27-38-41(35,36)40-31-24-29-21-22-30(25-31)33(29,3)4/h29-32H,5-27H2,1-4H3/p+1. The van der Waals surface area contributed by atoms with Crippen molar-refractivity contribution in [2.75, 3.05) is 33.9 Å². The van der Waals surface area contributed by atoms with Crippen LogP contribution in [0.3, 0.4) is 0 Å². The Morgan fingerprint density at radius 1 is 0.805 bits per heavy atom. The molecule has 2 aliphatic rings. The number of rotatable bonds is 25. The first-order valence-electron chi connectivity index (χ1n) is 16.9. The van der Waals surface area contributed by atoms with Crippen LogP contribution in [-0.4, -0.2) is 73.6 Å². The number of ether oxygens (including phenoxy) is 2. The number of carbonyl (C=O) groups is 1. The monoisotopic (exact) mass is 604 g/mol. The molecular weight excluding hydrogens is 541 g/mol. The molecule has 2 heterocycles. The van der Waals surface area contributed by atoms with Crippen LogP contribution in [0.2, 0.25) is 0 Å². The van der Waals surface area contributed by atoms with Gasteiger partial charge in [0.05, 0.1) is 45.5 Å². The Morgan fingerprint density at radius 2 is 1.27 bits per heavy atom. The predicted molar refractivity (Wildman–Crippen MR) is 165 cm³/mol. The molecule has 0 amide bonds. The SMILES string of the molecule is CCCCCCCCCCCCCCCCCCOCC(COP(=O)(O)OC1CC2CCC(C1)[N+]2(C)C)OC(C)=O. The van der Waals surface area contributed by atoms with Gasteiger partial charge in [0, 0.05) is 39.2 Å². The minimum atomic E-state index is -4.26. The number of fused-ring (bicyclic) bond motifs is 2. The highest BCUT2D eigenvalue weighted by Crippen LogP contribution is 2.50. The van der Waals surface area contributed by atoms with E-state index in [1.54, 1.807) is 0 Å². The highest BCUT2D eigenvalue weighted by molar-refractivity contribution is 7.47. The lowest BCUT2D eigenvalue weighted by molar-refractivity contribution is -0.931. The number of quaternary nitrogens is 1. The molecule has 0 saturated carbocycles. The lowest BCUT2D eigenvalue weighted by Crippen LogP contribution is -2.55. The maximum absolute atomic E-state index is 12.6. The van der Waals surface area contributed by atoms with Crippen molar-refractivity contribution < 1.29 is 37.3 Å². The van der Waals surface area contributed by atoms with Crippen LogP contribution >= 0.6 is 7.82 Å². The van der Waals surface area contributed by atoms with Crippen molar-refractivity contribution in [1.82, 2.24) is 0 Å². The zero-order valence-corrected chi connectivity index (χ0v) is 27.8. The number of piperidine rings is 1. The molecule has 2 aliphatic heterocycles. The second-order valence-electron chi connectivity index (χ2n) is 13.1. The second kappa shape index (κ2) is 20.5. The Labute approximate surface area is 251 Å². The molecule has 0 radical (unpaired) electrons. The van der Waals surface area contributed by atoms with Crippen LogP contribution in [0.4, 0.5) is 0 Å². The van der Waals surface area contributed by atoms with Crippen LogP contribution in [0.25, 0.3) is 0 Å². The molecule has 9 heteroatoms. The third-order valence-corrected chi connectivity index (χ3v) is 10.3. The predicted octanol–water partition coefficient (Wildman–Crippen LogP) is 8.10. The summed E-state index contributed by atoms with van der Waals surface area (Å²) in [5.74, 6) is -0.470. The zero-order valence-electron chi connectivity index (χ0n) is 26.9. The molecular formula is C32H63NO7P+. The number of esters is 1. The molecule has 0 aromatic rings. The van der Waals surface area contributed by atoms with Crippen molar-refractivity contribution in [1.29, 1.82) is 0 Å². The van der Waals surface area contributed by atoms with Gasteiger partial charge in [0.25, 0.3) is 0 Å². The third-order valence-electron chi connectivity index (χ3n) is 9.27. The van der Waals surface area contributed by atoms with E-state index in [2.05, 4.69) is 21.0 Å². The fourth-order valence-corrected chi connectivity index (χ4v) is 7.60. The molecule has 2 saturated heterocycles. The summed E-state index contributed by atoms with van der Waals surface area (Å²) in [6, 6.07) is 0.899. The lowest BCUT2D eigenvalue weighted by Gasteiger charge is -2.44. The topological polar surface area (TPSA) is 91.3 Å². The van der Waals surface area contributed by atoms with E-state index in [4.69, 9.17) is 18.5 Å². The maximum Gasteiger partial charge on any atom is 0.472 e. The fraction of sp³-hybridized carbons (Fsp3) is 0.969. The molecule has 2 rings (SSSR count). The number of phosphoric acid groups is 1. The molecule has 0 aliphatic carbocycles. The summed E-state index contributed by atoms with van der Waals surface area (Å²) in [5.41, 5.74) is 0. The molecule has 4 atom stereocenters. The number of phosphoric ester groups is 1. The van der Waals surface area contributed by atoms with E-state index in [9.17, 15) is 14.3 Å². The van der Waals surface area contributed by atoms with Gasteiger partial charge < -0.3 is 18.9 Å². The van der Waals surface area contributed by atoms with Gasteiger partial charge in [-0.3, -0.25) is 13.8 Å². The summed E-state index contributed by atoms with van der Waals surface area (Å²) in [6.45, 7) is 4.07. The third kappa shape index (κ3) is 15.7. The van der Waals surface area contributed by atoms with Gasteiger partial charge in [0.2, 0.25) is 0 Å². The van der Waals surface area contributed by atoms with Crippen LogP contribution in [0.5, 0.6) is 0 Å². The lowest BCUT2D eigenvalue weighted by atomic mass is 9.98. The van der Waals surface area contributed by atoms with E-state index in [1.807, 2.05) is 0 Å². The fourth-order valence-electron chi connectivity index (χ4n) is 6.63. The molecule has 4 unspecified atom stereocenters. The summed E-state index contributed by atoms with van der Waals surface area (Å²) in [5, 5.41) is 0. The molecule has 1 N–H and O–H groups in total. The average molecular weight is 605 g/mol. The highest BCUT2D eigenvalue weighted by Gasteiger charge is 2.50. The van der Waals surface area contributed by atoms with Gasteiger partial charge in [-0.05, 0) is 6.42 Å². The van der Waals surface area contributed by atoms with E-state index in [0.29, 0.717) is 18.7 Å². The second-order valence-corrected chi connectivity index (χ2v) is 14.5. The van der Waals surface area contributed by atoms with Gasteiger partial charge in [-0.25, -0.2) is 4.57 Å². The minimum absolute atomic E-state index is 0.136. The molecule has 41 heavy (non-hydrogen) atoms. The van der Waals surface area contributed by atoms with Crippen molar-refractivity contribution in [2.24, 2.45) is 0 Å². The molecule has 0 spiro atoms. The van der Waals surface area contributed by atoms with Crippen molar-refractivity contribution in [3.8, 4) is 0 Å². The quantitative estimate of drug-likeness (QED) is 0.0487. The molecule has 242 valence electrons. The van der Waals surface area contributed by atoms with Gasteiger partial charge in [-0.1, -0.05) is 103 Å². The Hall–Kier alpha value is -0.500. The summed E-state index contributed by atoms with van der Waals surface area (Å²) >= 11 is 0. The van der Waals surface area contributed by atoms with Crippen LogP contribution in [0.1, 0.15) is 142 Å². The van der Waals surface area contributed by atoms with E-state index >= 15 is 0 Å². The first-order chi connectivity index (χ1) is 19.6. The van der Waals surface area contributed by atoms with Gasteiger partial charge in [-0.2, -0.15) is 0 Å². The molecule has 0 aromatic heterocycles. The molecule has 0 aromatic carbocycles. The van der Waals surface area contributed by atoms with Crippen molar-refractivity contribution in [2.45, 2.75) is 167 Å². The number of carbonyl (C=O) groups excluding carboxylic acids is 1. The normalized spacial score (nSPS) is 23.8. The van der Waals surface area contributed by atoms with Gasteiger partial charge in [-0.15, -0.1) is 0 Å². The number of hydrogen-bond donors (Lipinski definition) is 1. The Balaban J connectivity index is 1.46. The molecule has 2 fully saturated rings. The maximum atomic E-state index is 12.6. The van der Waals surface area contributed by atoms with Crippen LogP contribution < -0.4 is 0 Å². The van der Waals surface area contributed by atoms with Crippen LogP contribution in [0.15, 0.2) is 0 Å². The number of hydrogen-bond acceptors (Lipinski definition) is 6. The molecule has 8 nitrogen and oxygen atoms in total. The smallest absolute Gasteiger partial charge is 0.458 e. The number of unbranched alkanes of at least 4 members (excludes halogenated alkanes) is 15. The minimum Gasteiger partial charge on any atom is -0.458 e. The zero-order chi connectivity index (χ0) is 30.0. The summed E-state index contributed by atoms with van der Waals surface area (Å²) in [6.07, 6.45) is 23.9. The summed E-state index contributed by atoms with van der Waals surface area (Å²) in [4.78, 5) is 21.9. The van der Waals surface area contributed by atoms with Gasteiger partial charge in [0.15, 0.2) is 0 Å². The first kappa shape index (κ1) is 36.7. The highest BCUT2D eigenvalue weighted by atomic mass is 31.2. The van der Waals surface area contributed by atoms with Crippen LogP contribution in [-0.2, 0) is 27.9 Å². The summed E-state index contributed by atoms with van der Waals surface area (Å²) in [7, 11) is 0.209. The van der Waals surface area contributed by atoms with Gasteiger partial charge >= 0.3 is 13.8 Å². The first-order valence-corrected chi connectivity index (χ1v) is 18.4. The Morgan fingerprint density at radius 3 is 1.73 bits per heavy atom. The van der Waals surface area contributed by atoms with Gasteiger partial charge in [0.1, 0.15) is 6.10 Å². The van der Waals surface area contributed by atoms with E-state index in [0.717, 1.165) is 43.0 Å². The van der Waals surface area contributed by atoms with Crippen molar-refractivity contribution in [3.05, 3.63) is 0 Å². The van der Waals surface area contributed by atoms with E-state index in [1.165, 1.54) is 96.8 Å². The summed E-state index contributed by atoms with van der Waals surface area (Å²) < 4.78 is 35.4.